The van der Waals surface area contributed by atoms with E-state index in [1.807, 2.05) is 19.0 Å². The number of carbonyl (C=O) groups excluding carboxylic acids is 2. The second-order valence-corrected chi connectivity index (χ2v) is 8.12. The van der Waals surface area contributed by atoms with Crippen molar-refractivity contribution in [3.8, 4) is 11.5 Å². The predicted octanol–water partition coefficient (Wildman–Crippen LogP) is 2.44. The maximum absolute atomic E-state index is 12.5. The Balaban J connectivity index is 1.67. The molecular formula is C24H32N4O4. The van der Waals surface area contributed by atoms with Gasteiger partial charge in [0.2, 0.25) is 0 Å². The Kier molecular flexibility index (Phi) is 7.58. The second-order valence-electron chi connectivity index (χ2n) is 8.12. The average molecular weight is 441 g/mol. The van der Waals surface area contributed by atoms with Crippen LogP contribution in [-0.4, -0.2) is 65.2 Å². The molecule has 172 valence electrons. The summed E-state index contributed by atoms with van der Waals surface area (Å²) in [5, 5.41) is 5.36. The van der Waals surface area contributed by atoms with Gasteiger partial charge < -0.3 is 29.9 Å². The molecule has 1 atom stereocenters. The quantitative estimate of drug-likeness (QED) is 0.644. The SMILES string of the molecule is COc1ccc(OC)c(NC(=O)C(=O)NC[C@@H](c2ccc3c(c2)CCCN3C)N(C)C)c1. The molecule has 8 heteroatoms. The Morgan fingerprint density at radius 1 is 1.09 bits per heavy atom. The maximum Gasteiger partial charge on any atom is 0.313 e. The fraction of sp³-hybridized carbons (Fsp3) is 0.417. The molecule has 0 unspecified atom stereocenters. The highest BCUT2D eigenvalue weighted by atomic mass is 16.5. The molecule has 2 amide bonds. The van der Waals surface area contributed by atoms with E-state index in [4.69, 9.17) is 9.47 Å². The third-order valence-corrected chi connectivity index (χ3v) is 5.78. The van der Waals surface area contributed by atoms with E-state index in [1.165, 1.54) is 25.5 Å². The minimum Gasteiger partial charge on any atom is -0.497 e. The lowest BCUT2D eigenvalue weighted by atomic mass is 9.96. The first-order chi connectivity index (χ1) is 15.3. The molecule has 0 radical (unpaired) electrons. The smallest absolute Gasteiger partial charge is 0.313 e. The van der Waals surface area contributed by atoms with Gasteiger partial charge in [0.05, 0.1) is 25.9 Å². The predicted molar refractivity (Wildman–Crippen MR) is 126 cm³/mol. The number of aryl methyl sites for hydroxylation is 1. The van der Waals surface area contributed by atoms with Crippen molar-refractivity contribution < 1.29 is 19.1 Å². The number of rotatable bonds is 7. The van der Waals surface area contributed by atoms with Gasteiger partial charge >= 0.3 is 11.8 Å². The van der Waals surface area contributed by atoms with Crippen LogP contribution in [0.3, 0.4) is 0 Å². The maximum atomic E-state index is 12.5. The summed E-state index contributed by atoms with van der Waals surface area (Å²) < 4.78 is 10.4. The van der Waals surface area contributed by atoms with Crippen LogP contribution in [0.15, 0.2) is 36.4 Å². The minimum absolute atomic E-state index is 0.0596. The number of methoxy groups -OCH3 is 2. The van der Waals surface area contributed by atoms with Gasteiger partial charge in [-0.15, -0.1) is 0 Å². The van der Waals surface area contributed by atoms with Crippen molar-refractivity contribution in [3.63, 3.8) is 0 Å². The standard InChI is InChI=1S/C24H32N4O4/c1-27(2)21(17-8-10-20-16(13-17)7-6-12-28(20)3)15-25-23(29)24(30)26-19-14-18(31-4)9-11-22(19)32-5/h8-11,13-14,21H,6-7,12,15H2,1-5H3,(H,25,29)(H,26,30)/t21-/m0/s1. The highest BCUT2D eigenvalue weighted by Gasteiger charge is 2.22. The topological polar surface area (TPSA) is 83.1 Å². The van der Waals surface area contributed by atoms with Gasteiger partial charge in [0.1, 0.15) is 11.5 Å². The van der Waals surface area contributed by atoms with E-state index in [0.29, 0.717) is 23.7 Å². The van der Waals surface area contributed by atoms with Gasteiger partial charge in [0.15, 0.2) is 0 Å². The largest absolute Gasteiger partial charge is 0.497 e. The monoisotopic (exact) mass is 440 g/mol. The number of hydrogen-bond acceptors (Lipinski definition) is 6. The lowest BCUT2D eigenvalue weighted by Gasteiger charge is -2.30. The van der Waals surface area contributed by atoms with Crippen molar-refractivity contribution in [2.45, 2.75) is 18.9 Å². The van der Waals surface area contributed by atoms with Crippen molar-refractivity contribution in [1.82, 2.24) is 10.2 Å². The molecule has 0 bridgehead atoms. The summed E-state index contributed by atoms with van der Waals surface area (Å²) in [7, 11) is 9.06. The molecule has 0 fully saturated rings. The van der Waals surface area contributed by atoms with Crippen LogP contribution >= 0.6 is 0 Å². The lowest BCUT2D eigenvalue weighted by Crippen LogP contribution is -2.40. The van der Waals surface area contributed by atoms with Crippen LogP contribution in [0, 0.1) is 0 Å². The summed E-state index contributed by atoms with van der Waals surface area (Å²) >= 11 is 0. The van der Waals surface area contributed by atoms with E-state index in [9.17, 15) is 9.59 Å². The van der Waals surface area contributed by atoms with E-state index in [0.717, 1.165) is 24.9 Å². The van der Waals surface area contributed by atoms with Crippen LogP contribution in [0.4, 0.5) is 11.4 Å². The number of hydrogen-bond donors (Lipinski definition) is 2. The van der Waals surface area contributed by atoms with Crippen molar-refractivity contribution in [2.24, 2.45) is 0 Å². The van der Waals surface area contributed by atoms with Gasteiger partial charge in [-0.2, -0.15) is 0 Å². The lowest BCUT2D eigenvalue weighted by molar-refractivity contribution is -0.136. The normalized spacial score (nSPS) is 13.9. The number of ether oxygens (including phenoxy) is 2. The zero-order valence-electron chi connectivity index (χ0n) is 19.4. The Hall–Kier alpha value is -3.26. The summed E-state index contributed by atoms with van der Waals surface area (Å²) in [6.07, 6.45) is 2.18. The molecule has 0 aliphatic carbocycles. The summed E-state index contributed by atoms with van der Waals surface area (Å²) in [5.41, 5.74) is 4.06. The van der Waals surface area contributed by atoms with Crippen molar-refractivity contribution >= 4 is 23.2 Å². The molecule has 3 rings (SSSR count). The number of anilines is 2. The van der Waals surface area contributed by atoms with E-state index in [-0.39, 0.29) is 6.04 Å². The first kappa shape index (κ1) is 23.4. The molecule has 0 saturated heterocycles. The van der Waals surface area contributed by atoms with E-state index < -0.39 is 11.8 Å². The van der Waals surface area contributed by atoms with Crippen molar-refractivity contribution in [1.29, 1.82) is 0 Å². The Morgan fingerprint density at radius 2 is 1.88 bits per heavy atom. The number of likely N-dealkylation sites (N-methyl/N-ethyl adjacent to an activating group) is 1. The first-order valence-corrected chi connectivity index (χ1v) is 10.7. The Morgan fingerprint density at radius 3 is 2.56 bits per heavy atom. The zero-order valence-corrected chi connectivity index (χ0v) is 19.4. The van der Waals surface area contributed by atoms with Crippen LogP contribution in [0.25, 0.3) is 0 Å². The van der Waals surface area contributed by atoms with Crippen molar-refractivity contribution in [2.75, 3.05) is 58.7 Å². The third-order valence-electron chi connectivity index (χ3n) is 5.78. The Labute approximate surface area is 189 Å². The van der Waals surface area contributed by atoms with Gasteiger partial charge in [-0.1, -0.05) is 12.1 Å². The fourth-order valence-electron chi connectivity index (χ4n) is 3.97. The van der Waals surface area contributed by atoms with Crippen LogP contribution < -0.4 is 25.0 Å². The number of carbonyl (C=O) groups is 2. The zero-order chi connectivity index (χ0) is 23.3. The summed E-state index contributed by atoms with van der Waals surface area (Å²) in [6.45, 7) is 1.37. The molecule has 32 heavy (non-hydrogen) atoms. The van der Waals surface area contributed by atoms with Gasteiger partial charge in [0, 0.05) is 31.9 Å². The van der Waals surface area contributed by atoms with E-state index >= 15 is 0 Å². The number of nitrogens with one attached hydrogen (secondary N) is 2. The first-order valence-electron chi connectivity index (χ1n) is 10.7. The average Bonchev–Trinajstić information content (AvgIpc) is 2.78. The summed E-state index contributed by atoms with van der Waals surface area (Å²) in [4.78, 5) is 29.3. The minimum atomic E-state index is -0.763. The highest BCUT2D eigenvalue weighted by Crippen LogP contribution is 2.30. The van der Waals surface area contributed by atoms with E-state index in [1.54, 1.807) is 18.2 Å². The number of amides is 2. The number of nitrogens with zero attached hydrogens (tertiary/aromatic N) is 2. The van der Waals surface area contributed by atoms with Crippen LogP contribution in [0.5, 0.6) is 11.5 Å². The van der Waals surface area contributed by atoms with Gasteiger partial charge in [0.25, 0.3) is 0 Å². The molecule has 2 aromatic carbocycles. The molecule has 8 nitrogen and oxygen atoms in total. The number of benzene rings is 2. The molecule has 2 aromatic rings. The van der Waals surface area contributed by atoms with Gasteiger partial charge in [-0.05, 0) is 56.3 Å². The molecule has 0 spiro atoms. The molecule has 2 N–H and O–H groups in total. The van der Waals surface area contributed by atoms with Gasteiger partial charge in [-0.3, -0.25) is 9.59 Å². The molecule has 0 aromatic heterocycles. The molecule has 1 aliphatic rings. The number of fused-ring (bicyclic) bond motifs is 1. The molecule has 1 heterocycles. The van der Waals surface area contributed by atoms with Crippen LogP contribution in [-0.2, 0) is 16.0 Å². The van der Waals surface area contributed by atoms with Crippen molar-refractivity contribution in [3.05, 3.63) is 47.5 Å². The fourth-order valence-corrected chi connectivity index (χ4v) is 3.97. The Bertz CT molecular complexity index is 976. The van der Waals surface area contributed by atoms with Gasteiger partial charge in [-0.25, -0.2) is 0 Å². The van der Waals surface area contributed by atoms with Crippen LogP contribution in [0.2, 0.25) is 0 Å². The molecular weight excluding hydrogens is 408 g/mol. The van der Waals surface area contributed by atoms with Crippen LogP contribution in [0.1, 0.15) is 23.6 Å². The summed E-state index contributed by atoms with van der Waals surface area (Å²) in [6, 6.07) is 11.4. The van der Waals surface area contributed by atoms with E-state index in [2.05, 4.69) is 40.8 Å². The highest BCUT2D eigenvalue weighted by molar-refractivity contribution is 6.39. The molecule has 1 aliphatic heterocycles. The third kappa shape index (κ3) is 5.31. The second kappa shape index (κ2) is 10.4. The molecule has 0 saturated carbocycles. The summed E-state index contributed by atoms with van der Waals surface area (Å²) in [5.74, 6) is -0.482.